The molecule has 0 unspecified atom stereocenters. The molecule has 1 amide bonds. The largest absolute Gasteiger partial charge is 0.497 e. The molecule has 1 N–H and O–H groups in total. The van der Waals surface area contributed by atoms with Crippen LogP contribution in [0.1, 0.15) is 10.4 Å². The Morgan fingerprint density at radius 3 is 2.46 bits per heavy atom. The predicted octanol–water partition coefficient (Wildman–Crippen LogP) is 4.76. The number of nitrogens with one attached hydrogen (secondary N) is 1. The van der Waals surface area contributed by atoms with Crippen molar-refractivity contribution in [1.82, 2.24) is 0 Å². The number of methoxy groups -OCH3 is 2. The Bertz CT molecular complexity index is 908. The number of benzene rings is 3. The highest BCUT2D eigenvalue weighted by molar-refractivity contribution is 6.36. The highest BCUT2D eigenvalue weighted by Crippen LogP contribution is 2.31. The number of halogens is 1. The molecule has 0 aromatic heterocycles. The van der Waals surface area contributed by atoms with E-state index in [1.54, 1.807) is 44.6 Å². The van der Waals surface area contributed by atoms with Crippen molar-refractivity contribution < 1.29 is 14.3 Å². The fourth-order valence-corrected chi connectivity index (χ4v) is 2.80. The number of anilines is 1. The van der Waals surface area contributed by atoms with Gasteiger partial charge in [0.05, 0.1) is 19.9 Å². The summed E-state index contributed by atoms with van der Waals surface area (Å²) >= 11 is 6.21. The molecule has 0 fully saturated rings. The van der Waals surface area contributed by atoms with Crippen molar-refractivity contribution >= 4 is 34.0 Å². The lowest BCUT2D eigenvalue weighted by molar-refractivity contribution is 0.102. The molecule has 5 heteroatoms. The number of carbonyl (C=O) groups excluding carboxylic acids is 1. The second-order valence-electron chi connectivity index (χ2n) is 5.16. The monoisotopic (exact) mass is 341 g/mol. The maximum absolute atomic E-state index is 12.7. The summed E-state index contributed by atoms with van der Waals surface area (Å²) in [6.07, 6.45) is 0. The highest BCUT2D eigenvalue weighted by atomic mass is 35.5. The summed E-state index contributed by atoms with van der Waals surface area (Å²) in [5.74, 6) is 0.953. The van der Waals surface area contributed by atoms with Crippen molar-refractivity contribution in [2.24, 2.45) is 0 Å². The molecule has 0 atom stereocenters. The van der Waals surface area contributed by atoms with Crippen LogP contribution in [-0.2, 0) is 0 Å². The predicted molar refractivity (Wildman–Crippen MR) is 96.5 cm³/mol. The second kappa shape index (κ2) is 6.81. The molecular weight excluding hydrogens is 326 g/mol. The van der Waals surface area contributed by atoms with E-state index in [9.17, 15) is 4.79 Å². The molecule has 0 saturated heterocycles. The van der Waals surface area contributed by atoms with E-state index in [0.29, 0.717) is 27.8 Å². The molecule has 0 aliphatic carbocycles. The standard InChI is InChI=1S/C19H16ClNO3/c1-23-12-9-10-17(18(11-12)24-2)21-19(22)15-7-3-6-14-13(15)5-4-8-16(14)20/h3-11H,1-2H3,(H,21,22). The van der Waals surface area contributed by atoms with Crippen molar-refractivity contribution in [1.29, 1.82) is 0 Å². The van der Waals surface area contributed by atoms with Gasteiger partial charge < -0.3 is 14.8 Å². The van der Waals surface area contributed by atoms with Gasteiger partial charge in [0.1, 0.15) is 11.5 Å². The number of fused-ring (bicyclic) bond motifs is 1. The number of rotatable bonds is 4. The summed E-state index contributed by atoms with van der Waals surface area (Å²) in [6.45, 7) is 0. The third-order valence-electron chi connectivity index (χ3n) is 3.77. The van der Waals surface area contributed by atoms with Crippen molar-refractivity contribution in [3.8, 4) is 11.5 Å². The van der Waals surface area contributed by atoms with Gasteiger partial charge in [-0.05, 0) is 29.7 Å². The average molecular weight is 342 g/mol. The Morgan fingerprint density at radius 1 is 0.958 bits per heavy atom. The van der Waals surface area contributed by atoms with E-state index < -0.39 is 0 Å². The van der Waals surface area contributed by atoms with Crippen LogP contribution in [0.25, 0.3) is 10.8 Å². The van der Waals surface area contributed by atoms with Gasteiger partial charge in [0, 0.05) is 22.0 Å². The van der Waals surface area contributed by atoms with Crippen LogP contribution in [0.5, 0.6) is 11.5 Å². The van der Waals surface area contributed by atoms with Crippen LogP contribution in [0, 0.1) is 0 Å². The molecule has 3 aromatic rings. The fraction of sp³-hybridized carbons (Fsp3) is 0.105. The number of carbonyl (C=O) groups is 1. The van der Waals surface area contributed by atoms with Crippen LogP contribution in [0.4, 0.5) is 5.69 Å². The zero-order valence-electron chi connectivity index (χ0n) is 13.3. The summed E-state index contributed by atoms with van der Waals surface area (Å²) < 4.78 is 10.5. The summed E-state index contributed by atoms with van der Waals surface area (Å²) in [5, 5.41) is 5.14. The van der Waals surface area contributed by atoms with Crippen LogP contribution in [0.2, 0.25) is 5.02 Å². The first-order valence-electron chi connectivity index (χ1n) is 7.34. The molecule has 0 aliphatic rings. The molecule has 4 nitrogen and oxygen atoms in total. The normalized spacial score (nSPS) is 10.5. The second-order valence-corrected chi connectivity index (χ2v) is 5.57. The topological polar surface area (TPSA) is 47.6 Å². The third-order valence-corrected chi connectivity index (χ3v) is 4.10. The number of amides is 1. The Hall–Kier alpha value is -2.72. The highest BCUT2D eigenvalue weighted by Gasteiger charge is 2.14. The molecule has 0 saturated carbocycles. The van der Waals surface area contributed by atoms with Gasteiger partial charge in [-0.2, -0.15) is 0 Å². The zero-order chi connectivity index (χ0) is 17.1. The average Bonchev–Trinajstić information content (AvgIpc) is 2.62. The van der Waals surface area contributed by atoms with Gasteiger partial charge in [-0.3, -0.25) is 4.79 Å². The minimum atomic E-state index is -0.230. The quantitative estimate of drug-likeness (QED) is 0.744. The number of hydrogen-bond donors (Lipinski definition) is 1. The summed E-state index contributed by atoms with van der Waals surface area (Å²) in [7, 11) is 3.12. The smallest absolute Gasteiger partial charge is 0.256 e. The van der Waals surface area contributed by atoms with E-state index >= 15 is 0 Å². The van der Waals surface area contributed by atoms with Crippen LogP contribution >= 0.6 is 11.6 Å². The van der Waals surface area contributed by atoms with E-state index in [1.807, 2.05) is 24.3 Å². The molecule has 0 bridgehead atoms. The van der Waals surface area contributed by atoms with E-state index in [4.69, 9.17) is 21.1 Å². The summed E-state index contributed by atoms with van der Waals surface area (Å²) in [4.78, 5) is 12.7. The number of ether oxygens (including phenoxy) is 2. The van der Waals surface area contributed by atoms with Crippen LogP contribution < -0.4 is 14.8 Å². The minimum absolute atomic E-state index is 0.230. The van der Waals surface area contributed by atoms with Crippen molar-refractivity contribution in [2.75, 3.05) is 19.5 Å². The Kier molecular flexibility index (Phi) is 4.58. The lowest BCUT2D eigenvalue weighted by Gasteiger charge is -2.13. The van der Waals surface area contributed by atoms with Gasteiger partial charge in [-0.1, -0.05) is 35.9 Å². The first kappa shape index (κ1) is 16.1. The lowest BCUT2D eigenvalue weighted by Crippen LogP contribution is -2.13. The Morgan fingerprint density at radius 2 is 1.71 bits per heavy atom. The molecule has 0 radical (unpaired) electrons. The van der Waals surface area contributed by atoms with Gasteiger partial charge in [0.15, 0.2) is 0 Å². The molecule has 122 valence electrons. The van der Waals surface area contributed by atoms with Gasteiger partial charge in [0.2, 0.25) is 0 Å². The zero-order valence-corrected chi connectivity index (χ0v) is 14.1. The van der Waals surface area contributed by atoms with E-state index in [-0.39, 0.29) is 5.91 Å². The Balaban J connectivity index is 1.98. The maximum Gasteiger partial charge on any atom is 0.256 e. The van der Waals surface area contributed by atoms with Crippen LogP contribution in [0.15, 0.2) is 54.6 Å². The maximum atomic E-state index is 12.7. The third kappa shape index (κ3) is 3.01. The van der Waals surface area contributed by atoms with E-state index in [0.717, 1.165) is 10.8 Å². The summed E-state index contributed by atoms with van der Waals surface area (Å²) in [5.41, 5.74) is 1.12. The van der Waals surface area contributed by atoms with Crippen LogP contribution in [0.3, 0.4) is 0 Å². The molecule has 0 heterocycles. The van der Waals surface area contributed by atoms with E-state index in [1.165, 1.54) is 0 Å². The molecule has 24 heavy (non-hydrogen) atoms. The van der Waals surface area contributed by atoms with Crippen molar-refractivity contribution in [2.45, 2.75) is 0 Å². The number of hydrogen-bond acceptors (Lipinski definition) is 3. The van der Waals surface area contributed by atoms with Gasteiger partial charge in [-0.15, -0.1) is 0 Å². The molecule has 3 aromatic carbocycles. The van der Waals surface area contributed by atoms with Crippen molar-refractivity contribution in [3.05, 3.63) is 65.2 Å². The minimum Gasteiger partial charge on any atom is -0.497 e. The Labute approximate surface area is 145 Å². The first-order valence-corrected chi connectivity index (χ1v) is 7.72. The van der Waals surface area contributed by atoms with Crippen LogP contribution in [-0.4, -0.2) is 20.1 Å². The molecular formula is C19H16ClNO3. The summed E-state index contributed by atoms with van der Waals surface area (Å²) in [6, 6.07) is 16.2. The van der Waals surface area contributed by atoms with Gasteiger partial charge >= 0.3 is 0 Å². The lowest BCUT2D eigenvalue weighted by atomic mass is 10.0. The van der Waals surface area contributed by atoms with Gasteiger partial charge in [0.25, 0.3) is 5.91 Å². The molecule has 0 aliphatic heterocycles. The fourth-order valence-electron chi connectivity index (χ4n) is 2.56. The van der Waals surface area contributed by atoms with Gasteiger partial charge in [-0.25, -0.2) is 0 Å². The first-order chi connectivity index (χ1) is 11.6. The van der Waals surface area contributed by atoms with E-state index in [2.05, 4.69) is 5.32 Å². The molecule has 3 rings (SSSR count). The SMILES string of the molecule is COc1ccc(NC(=O)c2cccc3c(Cl)cccc23)c(OC)c1. The van der Waals surface area contributed by atoms with Crippen molar-refractivity contribution in [3.63, 3.8) is 0 Å². The molecule has 0 spiro atoms.